The van der Waals surface area contributed by atoms with Crippen LogP contribution in [-0.4, -0.2) is 10.2 Å². The molecule has 0 saturated carbocycles. The van der Waals surface area contributed by atoms with E-state index >= 15 is 0 Å². The van der Waals surface area contributed by atoms with Crippen molar-refractivity contribution < 1.29 is 0 Å². The van der Waals surface area contributed by atoms with Gasteiger partial charge in [-0.15, -0.1) is 5.10 Å². The Morgan fingerprint density at radius 1 is 1.07 bits per heavy atom. The molecule has 3 rings (SSSR count). The second-order valence-corrected chi connectivity index (χ2v) is 4.20. The second kappa shape index (κ2) is 3.51. The van der Waals surface area contributed by atoms with Gasteiger partial charge in [-0.25, -0.2) is 0 Å². The first-order chi connectivity index (χ1) is 7.45. The van der Waals surface area contributed by atoms with Crippen molar-refractivity contribution in [2.24, 2.45) is 0 Å². The Kier molecular flexibility index (Phi) is 2.03. The molecule has 0 atom stereocenters. The fourth-order valence-electron chi connectivity index (χ4n) is 1.63. The second-order valence-electron chi connectivity index (χ2n) is 3.25. The van der Waals surface area contributed by atoms with E-state index < -0.39 is 0 Å². The van der Waals surface area contributed by atoms with E-state index in [9.17, 15) is 0 Å². The fourth-order valence-corrected chi connectivity index (χ4v) is 2.44. The summed E-state index contributed by atoms with van der Waals surface area (Å²) in [7, 11) is 0. The monoisotopic (exact) mass is 212 g/mol. The number of thioether (sulfide) groups is 1. The average molecular weight is 212 g/mol. The summed E-state index contributed by atoms with van der Waals surface area (Å²) in [4.78, 5) is 1.23. The molecule has 0 N–H and O–H groups in total. The van der Waals surface area contributed by atoms with E-state index in [1.807, 2.05) is 18.2 Å². The van der Waals surface area contributed by atoms with E-state index in [2.05, 4.69) is 33.8 Å². The molecule has 0 fully saturated rings. The van der Waals surface area contributed by atoms with Crippen LogP contribution in [0.1, 0.15) is 5.56 Å². The zero-order valence-electron chi connectivity index (χ0n) is 7.92. The van der Waals surface area contributed by atoms with Gasteiger partial charge in [-0.2, -0.15) is 5.10 Å². The molecular formula is C12H8N2S. The number of hydrogen-bond acceptors (Lipinski definition) is 3. The summed E-state index contributed by atoms with van der Waals surface area (Å²) in [5, 5.41) is 10.2. The van der Waals surface area contributed by atoms with Gasteiger partial charge in [-0.05, 0) is 23.6 Å². The summed E-state index contributed by atoms with van der Waals surface area (Å²) in [6.45, 7) is 0. The highest BCUT2D eigenvalue weighted by Crippen LogP contribution is 2.35. The molecule has 0 bridgehead atoms. The molecule has 3 heteroatoms. The fraction of sp³-hybridized carbons (Fsp3) is 0. The lowest BCUT2D eigenvalue weighted by atomic mass is 10.1. The van der Waals surface area contributed by atoms with E-state index in [0.29, 0.717) is 0 Å². The van der Waals surface area contributed by atoms with Crippen molar-refractivity contribution in [3.8, 4) is 11.3 Å². The maximum Gasteiger partial charge on any atom is 0.101 e. The zero-order valence-corrected chi connectivity index (χ0v) is 8.74. The van der Waals surface area contributed by atoms with Crippen molar-refractivity contribution in [3.63, 3.8) is 0 Å². The number of aromatic nitrogens is 2. The van der Waals surface area contributed by atoms with Crippen LogP contribution in [0.2, 0.25) is 0 Å². The molecule has 72 valence electrons. The minimum atomic E-state index is 0.967. The molecular weight excluding hydrogens is 204 g/mol. The molecule has 1 aliphatic rings. The van der Waals surface area contributed by atoms with E-state index in [1.54, 1.807) is 18.0 Å². The first-order valence-electron chi connectivity index (χ1n) is 4.69. The molecule has 1 aromatic carbocycles. The van der Waals surface area contributed by atoms with E-state index in [-0.39, 0.29) is 0 Å². The third kappa shape index (κ3) is 1.45. The predicted octanol–water partition coefficient (Wildman–Crippen LogP) is 3.22. The van der Waals surface area contributed by atoms with Gasteiger partial charge in [0.1, 0.15) is 5.69 Å². The lowest BCUT2D eigenvalue weighted by Crippen LogP contribution is -1.90. The van der Waals surface area contributed by atoms with E-state index in [0.717, 1.165) is 16.8 Å². The van der Waals surface area contributed by atoms with Crippen LogP contribution < -0.4 is 0 Å². The van der Waals surface area contributed by atoms with Gasteiger partial charge in [0.2, 0.25) is 0 Å². The van der Waals surface area contributed by atoms with Crippen LogP contribution in [0.5, 0.6) is 0 Å². The summed E-state index contributed by atoms with van der Waals surface area (Å²) >= 11 is 1.72. The van der Waals surface area contributed by atoms with Gasteiger partial charge in [-0.1, -0.05) is 30.0 Å². The van der Waals surface area contributed by atoms with Gasteiger partial charge in [0, 0.05) is 16.0 Å². The van der Waals surface area contributed by atoms with Crippen molar-refractivity contribution >= 4 is 17.8 Å². The summed E-state index contributed by atoms with van der Waals surface area (Å²) < 4.78 is 0. The van der Waals surface area contributed by atoms with E-state index in [4.69, 9.17) is 0 Å². The lowest BCUT2D eigenvalue weighted by molar-refractivity contribution is 1.03. The SMILES string of the molecule is C1=Cc2ccnnc2-c2ccccc2S1. The maximum absolute atomic E-state index is 4.21. The normalized spacial score (nSPS) is 12.8. The Morgan fingerprint density at radius 3 is 3.00 bits per heavy atom. The molecule has 15 heavy (non-hydrogen) atoms. The Balaban J connectivity index is 2.33. The molecule has 2 aromatic rings. The Bertz CT molecular complexity index is 535. The van der Waals surface area contributed by atoms with Crippen LogP contribution in [0.25, 0.3) is 17.3 Å². The first-order valence-corrected chi connectivity index (χ1v) is 5.57. The molecule has 2 nitrogen and oxygen atoms in total. The lowest BCUT2D eigenvalue weighted by Gasteiger charge is -2.05. The highest BCUT2D eigenvalue weighted by molar-refractivity contribution is 8.02. The van der Waals surface area contributed by atoms with Crippen molar-refractivity contribution in [1.29, 1.82) is 0 Å². The maximum atomic E-state index is 4.21. The molecule has 0 saturated heterocycles. The van der Waals surface area contributed by atoms with Gasteiger partial charge < -0.3 is 0 Å². The summed E-state index contributed by atoms with van der Waals surface area (Å²) in [6.07, 6.45) is 3.80. The van der Waals surface area contributed by atoms with Crippen molar-refractivity contribution in [3.05, 3.63) is 47.5 Å². The van der Waals surface area contributed by atoms with Gasteiger partial charge >= 0.3 is 0 Å². The molecule has 2 heterocycles. The highest BCUT2D eigenvalue weighted by Gasteiger charge is 2.11. The van der Waals surface area contributed by atoms with Crippen LogP contribution in [0, 0.1) is 0 Å². The Hall–Kier alpha value is -1.61. The third-order valence-electron chi connectivity index (χ3n) is 2.34. The Labute approximate surface area is 92.1 Å². The predicted molar refractivity (Wildman–Crippen MR) is 62.4 cm³/mol. The number of benzene rings is 1. The van der Waals surface area contributed by atoms with Crippen molar-refractivity contribution in [2.75, 3.05) is 0 Å². The highest BCUT2D eigenvalue weighted by atomic mass is 32.2. The zero-order chi connectivity index (χ0) is 10.1. The molecule has 1 aromatic heterocycles. The molecule has 0 unspecified atom stereocenters. The van der Waals surface area contributed by atoms with Crippen LogP contribution in [-0.2, 0) is 0 Å². The minimum Gasteiger partial charge on any atom is -0.158 e. The standard InChI is InChI=1S/C12H8N2S/c1-2-4-11-10(3-1)12-9(6-8-15-11)5-7-13-14-12/h1-8H. The largest absolute Gasteiger partial charge is 0.158 e. The molecule has 0 aliphatic carbocycles. The number of fused-ring (bicyclic) bond motifs is 3. The Morgan fingerprint density at radius 2 is 2.00 bits per heavy atom. The van der Waals surface area contributed by atoms with Gasteiger partial charge in [-0.3, -0.25) is 0 Å². The van der Waals surface area contributed by atoms with Crippen LogP contribution in [0.3, 0.4) is 0 Å². The van der Waals surface area contributed by atoms with Gasteiger partial charge in [0.15, 0.2) is 0 Å². The summed E-state index contributed by atoms with van der Waals surface area (Å²) in [6, 6.07) is 10.3. The van der Waals surface area contributed by atoms with Crippen molar-refractivity contribution in [1.82, 2.24) is 10.2 Å². The molecule has 0 spiro atoms. The third-order valence-corrected chi connectivity index (χ3v) is 3.22. The molecule has 0 amide bonds. The van der Waals surface area contributed by atoms with Crippen molar-refractivity contribution in [2.45, 2.75) is 4.90 Å². The smallest absolute Gasteiger partial charge is 0.101 e. The number of hydrogen-bond donors (Lipinski definition) is 0. The first kappa shape index (κ1) is 8.68. The minimum absolute atomic E-state index is 0.967. The average Bonchev–Trinajstić information content (AvgIpc) is 2.48. The van der Waals surface area contributed by atoms with Crippen LogP contribution in [0.15, 0.2) is 46.8 Å². The summed E-state index contributed by atoms with van der Waals surface area (Å²) in [5.41, 5.74) is 3.26. The van der Waals surface area contributed by atoms with Gasteiger partial charge in [0.05, 0.1) is 6.20 Å². The molecule has 0 radical (unpaired) electrons. The summed E-state index contributed by atoms with van der Waals surface area (Å²) in [5.74, 6) is 0. The molecule has 1 aliphatic heterocycles. The van der Waals surface area contributed by atoms with Crippen LogP contribution >= 0.6 is 11.8 Å². The topological polar surface area (TPSA) is 25.8 Å². The van der Waals surface area contributed by atoms with Crippen LogP contribution in [0.4, 0.5) is 0 Å². The van der Waals surface area contributed by atoms with E-state index in [1.165, 1.54) is 4.90 Å². The van der Waals surface area contributed by atoms with Gasteiger partial charge in [0.25, 0.3) is 0 Å². The number of nitrogens with zero attached hydrogens (tertiary/aromatic N) is 2. The quantitative estimate of drug-likeness (QED) is 0.670. The number of rotatable bonds is 0.